The fraction of sp³-hybridized carbons (Fsp3) is 0.357. The molecule has 0 saturated carbocycles. The Morgan fingerprint density at radius 1 is 1.25 bits per heavy atom. The average Bonchev–Trinajstić information content (AvgIpc) is 2.46. The maximum atomic E-state index is 12.3. The van der Waals surface area contributed by atoms with Gasteiger partial charge in [-0.25, -0.2) is 4.79 Å². The summed E-state index contributed by atoms with van der Waals surface area (Å²) in [4.78, 5) is 13.3. The average molecular weight is 365 g/mol. The van der Waals surface area contributed by atoms with Crippen molar-refractivity contribution in [3.8, 4) is 5.75 Å². The van der Waals surface area contributed by atoms with Gasteiger partial charge in [0.2, 0.25) is 0 Å². The van der Waals surface area contributed by atoms with Crippen molar-refractivity contribution < 1.29 is 35.3 Å². The fourth-order valence-corrected chi connectivity index (χ4v) is 2.54. The number of benzene rings is 1. The van der Waals surface area contributed by atoms with Crippen molar-refractivity contribution in [1.82, 2.24) is 4.90 Å². The molecule has 0 bridgehead atoms. The van der Waals surface area contributed by atoms with E-state index in [-0.39, 0.29) is 18.7 Å². The van der Waals surface area contributed by atoms with Gasteiger partial charge in [0.15, 0.2) is 0 Å². The third-order valence-corrected chi connectivity index (χ3v) is 4.23. The zero-order valence-electron chi connectivity index (χ0n) is 12.5. The molecule has 1 aliphatic heterocycles. The largest absolute Gasteiger partial charge is 0.534 e. The summed E-state index contributed by atoms with van der Waals surface area (Å²) >= 11 is 0. The van der Waals surface area contributed by atoms with Gasteiger partial charge >= 0.3 is 21.7 Å². The molecule has 24 heavy (non-hydrogen) atoms. The molecule has 1 atom stereocenters. The Bertz CT molecular complexity index is 731. The van der Waals surface area contributed by atoms with E-state index in [1.54, 1.807) is 37.3 Å². The summed E-state index contributed by atoms with van der Waals surface area (Å²) in [5, 5.41) is 0. The van der Waals surface area contributed by atoms with E-state index in [1.165, 1.54) is 4.90 Å². The highest BCUT2D eigenvalue weighted by Gasteiger charge is 2.49. The van der Waals surface area contributed by atoms with E-state index in [9.17, 15) is 26.4 Å². The Labute approximate surface area is 136 Å². The molecule has 1 heterocycles. The number of amides is 1. The van der Waals surface area contributed by atoms with E-state index in [2.05, 4.69) is 4.18 Å². The number of carbonyl (C=O) groups excluding carboxylic acids is 1. The Hall–Kier alpha value is -2.23. The van der Waals surface area contributed by atoms with Crippen molar-refractivity contribution in [2.45, 2.75) is 24.9 Å². The molecule has 0 aliphatic carbocycles. The van der Waals surface area contributed by atoms with Crippen LogP contribution >= 0.6 is 0 Å². The summed E-state index contributed by atoms with van der Waals surface area (Å²) in [5.74, 6) is -0.0380. The number of alkyl halides is 3. The number of carbonyl (C=O) groups is 1. The van der Waals surface area contributed by atoms with Gasteiger partial charge in [-0.3, -0.25) is 0 Å². The van der Waals surface area contributed by atoms with Gasteiger partial charge in [-0.15, -0.1) is 0 Å². The lowest BCUT2D eigenvalue weighted by Crippen LogP contribution is -2.43. The van der Waals surface area contributed by atoms with Crippen LogP contribution in [-0.2, 0) is 14.3 Å². The summed E-state index contributed by atoms with van der Waals surface area (Å²) in [5.41, 5.74) is -5.50. The zero-order valence-corrected chi connectivity index (χ0v) is 13.3. The highest BCUT2D eigenvalue weighted by molar-refractivity contribution is 7.87. The van der Waals surface area contributed by atoms with E-state index in [0.29, 0.717) is 5.75 Å². The lowest BCUT2D eigenvalue weighted by atomic mass is 10.1. The van der Waals surface area contributed by atoms with Crippen molar-refractivity contribution in [2.24, 2.45) is 0 Å². The molecule has 10 heteroatoms. The Morgan fingerprint density at radius 2 is 1.88 bits per heavy atom. The lowest BCUT2D eigenvalue weighted by molar-refractivity contribution is -0.0526. The van der Waals surface area contributed by atoms with Crippen LogP contribution < -0.4 is 4.74 Å². The topological polar surface area (TPSA) is 72.9 Å². The Balaban J connectivity index is 2.03. The SMILES string of the molecule is CC1CC(OS(=O)(=O)C(F)(F)F)=CCN1C(=O)Oc1ccccc1. The molecule has 1 aromatic carbocycles. The van der Waals surface area contributed by atoms with Crippen molar-refractivity contribution in [3.05, 3.63) is 42.2 Å². The first-order chi connectivity index (χ1) is 11.1. The number of halogens is 3. The minimum atomic E-state index is -5.71. The summed E-state index contributed by atoms with van der Waals surface area (Å²) < 4.78 is 68.1. The van der Waals surface area contributed by atoms with Crippen LogP contribution in [0.2, 0.25) is 0 Å². The first-order valence-corrected chi connectivity index (χ1v) is 8.24. The van der Waals surface area contributed by atoms with Gasteiger partial charge in [0.05, 0.1) is 0 Å². The molecule has 0 spiro atoms. The van der Waals surface area contributed by atoms with Crippen LogP contribution in [0.5, 0.6) is 5.75 Å². The van der Waals surface area contributed by atoms with E-state index >= 15 is 0 Å². The van der Waals surface area contributed by atoms with Gasteiger partial charge in [0.1, 0.15) is 11.5 Å². The molecule has 0 radical (unpaired) electrons. The highest BCUT2D eigenvalue weighted by atomic mass is 32.2. The van der Waals surface area contributed by atoms with Crippen molar-refractivity contribution in [2.75, 3.05) is 6.54 Å². The molecular weight excluding hydrogens is 351 g/mol. The minimum absolute atomic E-state index is 0.129. The monoisotopic (exact) mass is 365 g/mol. The first-order valence-electron chi connectivity index (χ1n) is 6.83. The second kappa shape index (κ2) is 6.71. The predicted octanol–water partition coefficient (Wildman–Crippen LogP) is 3.03. The molecule has 2 rings (SSSR count). The second-order valence-electron chi connectivity index (χ2n) is 5.04. The maximum absolute atomic E-state index is 12.3. The van der Waals surface area contributed by atoms with Crippen LogP contribution in [0.25, 0.3) is 0 Å². The molecule has 1 unspecified atom stereocenters. The summed E-state index contributed by atoms with van der Waals surface area (Å²) in [6, 6.07) is 7.66. The van der Waals surface area contributed by atoms with Crippen LogP contribution in [0.15, 0.2) is 42.2 Å². The van der Waals surface area contributed by atoms with Crippen LogP contribution in [0, 0.1) is 0 Å². The minimum Gasteiger partial charge on any atom is -0.410 e. The second-order valence-corrected chi connectivity index (χ2v) is 6.58. The van der Waals surface area contributed by atoms with Gasteiger partial charge in [-0.1, -0.05) is 18.2 Å². The summed E-state index contributed by atoms with van der Waals surface area (Å²) in [7, 11) is -5.71. The molecule has 0 aromatic heterocycles. The van der Waals surface area contributed by atoms with Gasteiger partial charge < -0.3 is 13.8 Å². The summed E-state index contributed by atoms with van der Waals surface area (Å²) in [6.07, 6.45) is 0.233. The van der Waals surface area contributed by atoms with E-state index in [0.717, 1.165) is 6.08 Å². The van der Waals surface area contributed by atoms with Gasteiger partial charge in [-0.2, -0.15) is 21.6 Å². The van der Waals surface area contributed by atoms with Crippen LogP contribution in [0.4, 0.5) is 18.0 Å². The van der Waals surface area contributed by atoms with Gasteiger partial charge in [-0.05, 0) is 25.1 Å². The van der Waals surface area contributed by atoms with E-state index < -0.39 is 27.8 Å². The van der Waals surface area contributed by atoms with Crippen LogP contribution in [0.1, 0.15) is 13.3 Å². The quantitative estimate of drug-likeness (QED) is 0.608. The fourth-order valence-electron chi connectivity index (χ4n) is 2.02. The third-order valence-electron chi connectivity index (χ3n) is 3.23. The molecular formula is C14H14F3NO5S. The van der Waals surface area contributed by atoms with E-state index in [1.807, 2.05) is 0 Å². The van der Waals surface area contributed by atoms with Crippen molar-refractivity contribution in [1.29, 1.82) is 0 Å². The van der Waals surface area contributed by atoms with Crippen LogP contribution in [-0.4, -0.2) is 37.5 Å². The molecule has 1 aliphatic rings. The zero-order chi connectivity index (χ0) is 18.0. The smallest absolute Gasteiger partial charge is 0.410 e. The van der Waals surface area contributed by atoms with Crippen LogP contribution in [0.3, 0.4) is 0 Å². The number of para-hydroxylation sites is 1. The number of rotatable bonds is 3. The lowest BCUT2D eigenvalue weighted by Gasteiger charge is -2.31. The summed E-state index contributed by atoms with van der Waals surface area (Å²) in [6.45, 7) is 1.42. The van der Waals surface area contributed by atoms with Crippen molar-refractivity contribution in [3.63, 3.8) is 0 Å². The normalized spacial score (nSPS) is 18.8. The van der Waals surface area contributed by atoms with E-state index in [4.69, 9.17) is 4.74 Å². The standard InChI is InChI=1S/C14H14F3NO5S/c1-10-9-12(23-24(20,21)14(15,16)17)7-8-18(10)13(19)22-11-5-3-2-4-6-11/h2-7,10H,8-9H2,1H3. The Morgan fingerprint density at radius 3 is 2.42 bits per heavy atom. The van der Waals surface area contributed by atoms with Crippen molar-refractivity contribution >= 4 is 16.2 Å². The molecule has 0 saturated heterocycles. The first kappa shape index (κ1) is 18.1. The molecule has 6 nitrogen and oxygen atoms in total. The number of ether oxygens (including phenoxy) is 1. The molecule has 1 aromatic rings. The number of hydrogen-bond donors (Lipinski definition) is 0. The predicted molar refractivity (Wildman–Crippen MR) is 77.4 cm³/mol. The third kappa shape index (κ3) is 4.19. The Kier molecular flexibility index (Phi) is 5.07. The number of nitrogens with zero attached hydrogens (tertiary/aromatic N) is 1. The molecule has 1 amide bonds. The molecule has 132 valence electrons. The van der Waals surface area contributed by atoms with Gasteiger partial charge in [0.25, 0.3) is 0 Å². The number of hydrogen-bond acceptors (Lipinski definition) is 5. The maximum Gasteiger partial charge on any atom is 0.534 e. The molecule has 0 fully saturated rings. The van der Waals surface area contributed by atoms with Gasteiger partial charge in [0, 0.05) is 19.0 Å². The highest BCUT2D eigenvalue weighted by Crippen LogP contribution is 2.29. The molecule has 0 N–H and O–H groups in total.